The summed E-state index contributed by atoms with van der Waals surface area (Å²) >= 11 is 0. The second-order valence-corrected chi connectivity index (χ2v) is 8.57. The first-order valence-electron chi connectivity index (χ1n) is 9.46. The van der Waals surface area contributed by atoms with Crippen LogP contribution in [-0.4, -0.2) is 71.7 Å². The summed E-state index contributed by atoms with van der Waals surface area (Å²) in [5.41, 5.74) is 1.16. The number of amides is 1. The predicted molar refractivity (Wildman–Crippen MR) is 109 cm³/mol. The van der Waals surface area contributed by atoms with Gasteiger partial charge in [-0.1, -0.05) is 6.07 Å². The molecule has 0 radical (unpaired) electrons. The van der Waals surface area contributed by atoms with E-state index in [1.807, 2.05) is 0 Å². The number of nitrogens with zero attached hydrogens (tertiary/aromatic N) is 5. The van der Waals surface area contributed by atoms with E-state index in [4.69, 9.17) is 9.47 Å². The molecule has 2 aromatic carbocycles. The van der Waals surface area contributed by atoms with Crippen LogP contribution in [0.2, 0.25) is 0 Å². The average Bonchev–Trinajstić information content (AvgIpc) is 3.34. The van der Waals surface area contributed by atoms with Gasteiger partial charge >= 0.3 is 0 Å². The van der Waals surface area contributed by atoms with Crippen molar-refractivity contribution in [1.82, 2.24) is 24.5 Å². The number of morpholine rings is 1. The number of tetrazole rings is 1. The van der Waals surface area contributed by atoms with Gasteiger partial charge in [-0.3, -0.25) is 4.79 Å². The highest BCUT2D eigenvalue weighted by Gasteiger charge is 2.26. The number of carbonyl (C=O) groups excluding carboxylic acids is 1. The number of rotatable bonds is 7. The lowest BCUT2D eigenvalue weighted by Gasteiger charge is -2.26. The van der Waals surface area contributed by atoms with Crippen LogP contribution in [0, 0.1) is 0 Å². The minimum atomic E-state index is -3.58. The van der Waals surface area contributed by atoms with Gasteiger partial charge in [0, 0.05) is 24.8 Å². The molecule has 0 spiro atoms. The Morgan fingerprint density at radius 1 is 1.13 bits per heavy atom. The number of ether oxygens (including phenoxy) is 2. The predicted octanol–water partition coefficient (Wildman–Crippen LogP) is 0.701. The second kappa shape index (κ2) is 9.20. The highest BCUT2D eigenvalue weighted by molar-refractivity contribution is 7.89. The second-order valence-electron chi connectivity index (χ2n) is 6.63. The Labute approximate surface area is 178 Å². The van der Waals surface area contributed by atoms with Crippen molar-refractivity contribution in [2.45, 2.75) is 4.90 Å². The summed E-state index contributed by atoms with van der Waals surface area (Å²) in [6, 6.07) is 13.0. The number of carbonyl (C=O) groups is 1. The smallest absolute Gasteiger partial charge is 0.262 e. The van der Waals surface area contributed by atoms with Crippen molar-refractivity contribution in [2.24, 2.45) is 0 Å². The molecule has 3 aromatic rings. The molecule has 1 aromatic heterocycles. The first-order valence-corrected chi connectivity index (χ1v) is 10.9. The third kappa shape index (κ3) is 5.05. The zero-order valence-corrected chi connectivity index (χ0v) is 17.2. The zero-order chi connectivity index (χ0) is 21.7. The molecule has 12 heteroatoms. The summed E-state index contributed by atoms with van der Waals surface area (Å²) in [5.74, 6) is 0.103. The van der Waals surface area contributed by atoms with Gasteiger partial charge in [-0.05, 0) is 46.8 Å². The van der Waals surface area contributed by atoms with Gasteiger partial charge in [-0.2, -0.15) is 4.31 Å². The van der Waals surface area contributed by atoms with Crippen LogP contribution in [0.4, 0.5) is 5.69 Å². The summed E-state index contributed by atoms with van der Waals surface area (Å²) in [4.78, 5) is 12.4. The molecule has 0 unspecified atom stereocenters. The van der Waals surface area contributed by atoms with Gasteiger partial charge in [0.25, 0.3) is 5.91 Å². The number of aromatic nitrogens is 4. The molecule has 1 saturated heterocycles. The van der Waals surface area contributed by atoms with E-state index in [1.54, 1.807) is 36.4 Å². The van der Waals surface area contributed by atoms with Crippen LogP contribution < -0.4 is 10.1 Å². The van der Waals surface area contributed by atoms with E-state index in [2.05, 4.69) is 20.8 Å². The van der Waals surface area contributed by atoms with E-state index in [-0.39, 0.29) is 17.4 Å². The molecule has 0 aliphatic carbocycles. The average molecular weight is 444 g/mol. The molecular weight excluding hydrogens is 424 g/mol. The Bertz CT molecular complexity index is 1130. The van der Waals surface area contributed by atoms with Crippen LogP contribution in [0.3, 0.4) is 0 Å². The topological polar surface area (TPSA) is 129 Å². The van der Waals surface area contributed by atoms with Gasteiger partial charge in [0.05, 0.1) is 23.8 Å². The van der Waals surface area contributed by atoms with Crippen LogP contribution >= 0.6 is 0 Å². The lowest BCUT2D eigenvalue weighted by atomic mass is 10.3. The first-order chi connectivity index (χ1) is 15.0. The van der Waals surface area contributed by atoms with Crippen LogP contribution in [0.25, 0.3) is 5.69 Å². The van der Waals surface area contributed by atoms with Crippen molar-refractivity contribution in [3.63, 3.8) is 0 Å². The maximum absolute atomic E-state index is 12.6. The Morgan fingerprint density at radius 2 is 1.90 bits per heavy atom. The molecule has 4 rings (SSSR count). The largest absolute Gasteiger partial charge is 0.484 e. The van der Waals surface area contributed by atoms with Crippen molar-refractivity contribution < 1.29 is 22.7 Å². The monoisotopic (exact) mass is 444 g/mol. The van der Waals surface area contributed by atoms with Gasteiger partial charge in [-0.15, -0.1) is 5.10 Å². The van der Waals surface area contributed by atoms with Crippen molar-refractivity contribution in [1.29, 1.82) is 0 Å². The molecular formula is C19H20N6O5S. The Morgan fingerprint density at radius 3 is 2.61 bits per heavy atom. The molecule has 1 aliphatic rings. The summed E-state index contributed by atoms with van der Waals surface area (Å²) < 4.78 is 38.9. The van der Waals surface area contributed by atoms with Crippen molar-refractivity contribution in [3.8, 4) is 11.4 Å². The number of nitrogens with one attached hydrogen (secondary N) is 1. The summed E-state index contributed by atoms with van der Waals surface area (Å²) in [5, 5.41) is 13.6. The number of benzene rings is 2. The number of anilines is 1. The minimum Gasteiger partial charge on any atom is -0.484 e. The highest BCUT2D eigenvalue weighted by atomic mass is 32.2. The van der Waals surface area contributed by atoms with E-state index in [0.29, 0.717) is 43.4 Å². The maximum Gasteiger partial charge on any atom is 0.262 e. The molecule has 1 aliphatic heterocycles. The van der Waals surface area contributed by atoms with E-state index in [9.17, 15) is 13.2 Å². The summed E-state index contributed by atoms with van der Waals surface area (Å²) in [6.45, 7) is 1.20. The molecule has 31 heavy (non-hydrogen) atoms. The van der Waals surface area contributed by atoms with Crippen LogP contribution in [0.5, 0.6) is 5.75 Å². The molecule has 1 fully saturated rings. The normalized spacial score (nSPS) is 14.8. The van der Waals surface area contributed by atoms with E-state index >= 15 is 0 Å². The van der Waals surface area contributed by atoms with E-state index < -0.39 is 10.0 Å². The fraction of sp³-hybridized carbons (Fsp3) is 0.263. The molecule has 0 atom stereocenters. The summed E-state index contributed by atoms with van der Waals surface area (Å²) in [7, 11) is -3.58. The van der Waals surface area contributed by atoms with E-state index in [0.717, 1.165) is 0 Å². The van der Waals surface area contributed by atoms with Gasteiger partial charge < -0.3 is 14.8 Å². The van der Waals surface area contributed by atoms with Gasteiger partial charge in [0.1, 0.15) is 12.1 Å². The Kier molecular flexibility index (Phi) is 6.21. The van der Waals surface area contributed by atoms with Gasteiger partial charge in [-0.25, -0.2) is 13.1 Å². The number of hydrogen-bond acceptors (Lipinski definition) is 8. The molecule has 0 saturated carbocycles. The lowest BCUT2D eigenvalue weighted by molar-refractivity contribution is -0.118. The SMILES string of the molecule is O=C(COc1cccc(-n2cnnn2)c1)Nc1ccc(S(=O)(=O)N2CCOCC2)cc1. The molecule has 0 bridgehead atoms. The van der Waals surface area contributed by atoms with Gasteiger partial charge in [0.15, 0.2) is 6.61 Å². The molecule has 11 nitrogen and oxygen atoms in total. The molecule has 2 heterocycles. The fourth-order valence-corrected chi connectivity index (χ4v) is 4.40. The van der Waals surface area contributed by atoms with Crippen molar-refractivity contribution in [2.75, 3.05) is 38.2 Å². The van der Waals surface area contributed by atoms with Gasteiger partial charge in [0.2, 0.25) is 10.0 Å². The van der Waals surface area contributed by atoms with Crippen molar-refractivity contribution >= 4 is 21.6 Å². The minimum absolute atomic E-state index is 0.170. The number of sulfonamides is 1. The first kappa shape index (κ1) is 20.9. The Balaban J connectivity index is 1.33. The molecule has 1 amide bonds. The van der Waals surface area contributed by atoms with Crippen LogP contribution in [0.15, 0.2) is 59.8 Å². The highest BCUT2D eigenvalue weighted by Crippen LogP contribution is 2.20. The third-order valence-electron chi connectivity index (χ3n) is 4.55. The zero-order valence-electron chi connectivity index (χ0n) is 16.4. The third-order valence-corrected chi connectivity index (χ3v) is 6.46. The van der Waals surface area contributed by atoms with Crippen LogP contribution in [0.1, 0.15) is 0 Å². The van der Waals surface area contributed by atoms with E-state index in [1.165, 1.54) is 27.4 Å². The molecule has 1 N–H and O–H groups in total. The standard InChI is InChI=1S/C19H20N6O5S/c26-19(13-30-17-3-1-2-16(12-17)25-14-20-22-23-25)21-15-4-6-18(7-5-15)31(27,28)24-8-10-29-11-9-24/h1-7,12,14H,8-11,13H2,(H,21,26). The van der Waals surface area contributed by atoms with Crippen LogP contribution in [-0.2, 0) is 19.6 Å². The Hall–Kier alpha value is -3.35. The number of hydrogen-bond donors (Lipinski definition) is 1. The summed E-state index contributed by atoms with van der Waals surface area (Å²) in [6.07, 6.45) is 1.45. The van der Waals surface area contributed by atoms with Crippen molar-refractivity contribution in [3.05, 3.63) is 54.9 Å². The molecule has 162 valence electrons. The lowest BCUT2D eigenvalue weighted by Crippen LogP contribution is -2.40. The quantitative estimate of drug-likeness (QED) is 0.564. The fourth-order valence-electron chi connectivity index (χ4n) is 2.99. The maximum atomic E-state index is 12.6.